The van der Waals surface area contributed by atoms with Crippen LogP contribution in [0.25, 0.3) is 11.0 Å². The first kappa shape index (κ1) is 25.6. The van der Waals surface area contributed by atoms with Gasteiger partial charge in [0.05, 0.1) is 34.0 Å². The maximum atomic E-state index is 14.2. The van der Waals surface area contributed by atoms with Gasteiger partial charge in [0, 0.05) is 18.7 Å². The summed E-state index contributed by atoms with van der Waals surface area (Å²) in [5, 5.41) is 27.0. The number of fused-ring (bicyclic) bond motifs is 1. The fourth-order valence-corrected chi connectivity index (χ4v) is 3.44. The van der Waals surface area contributed by atoms with Crippen molar-refractivity contribution in [2.75, 3.05) is 16.0 Å². The Bertz CT molecular complexity index is 1290. The molecule has 35 heavy (non-hydrogen) atoms. The standard InChI is InChI=1S/C25H29FN6O3/c1-15(2)11-22(33)28-17-6-8-21-20(13-17)29-23(32(21)10-9-25(3,4)35)31-24(34)30-19-7-5-16(14-27)12-18(19)26/h5-8,12-13,15,35H,9-11H2,1-4H3,(H,28,33)(H2,29,30,31,34). The maximum absolute atomic E-state index is 14.2. The second-order valence-corrected chi connectivity index (χ2v) is 9.38. The Hall–Kier alpha value is -3.97. The minimum absolute atomic E-state index is 0.0872. The molecule has 0 saturated heterocycles. The molecule has 0 bridgehead atoms. The smallest absolute Gasteiger partial charge is 0.326 e. The van der Waals surface area contributed by atoms with Gasteiger partial charge in [-0.15, -0.1) is 0 Å². The van der Waals surface area contributed by atoms with Crippen LogP contribution < -0.4 is 16.0 Å². The number of carbonyl (C=O) groups is 2. The SMILES string of the molecule is CC(C)CC(=O)Nc1ccc2c(c1)nc(NC(=O)Nc1ccc(C#N)cc1F)n2CCC(C)(C)O. The van der Waals surface area contributed by atoms with Gasteiger partial charge in [-0.2, -0.15) is 5.26 Å². The summed E-state index contributed by atoms with van der Waals surface area (Å²) in [7, 11) is 0. The molecule has 0 fully saturated rings. The van der Waals surface area contributed by atoms with Crippen molar-refractivity contribution < 1.29 is 19.1 Å². The molecule has 184 valence electrons. The number of benzene rings is 2. The predicted molar refractivity (Wildman–Crippen MR) is 132 cm³/mol. The number of aromatic nitrogens is 2. The van der Waals surface area contributed by atoms with Gasteiger partial charge in [0.2, 0.25) is 11.9 Å². The maximum Gasteiger partial charge on any atom is 0.326 e. The number of aliphatic hydroxyl groups is 1. The molecular formula is C25H29FN6O3. The Labute approximate surface area is 203 Å². The number of nitrogens with one attached hydrogen (secondary N) is 3. The lowest BCUT2D eigenvalue weighted by Crippen LogP contribution is -2.24. The highest BCUT2D eigenvalue weighted by atomic mass is 19.1. The first-order valence-corrected chi connectivity index (χ1v) is 11.3. The molecule has 0 spiro atoms. The lowest BCUT2D eigenvalue weighted by molar-refractivity contribution is -0.116. The number of aryl methyl sites for hydroxylation is 1. The van der Waals surface area contributed by atoms with Crippen molar-refractivity contribution >= 4 is 40.3 Å². The normalized spacial score (nSPS) is 11.4. The molecule has 3 aromatic rings. The Morgan fingerprint density at radius 2 is 1.91 bits per heavy atom. The number of urea groups is 1. The summed E-state index contributed by atoms with van der Waals surface area (Å²) in [4.78, 5) is 29.3. The average Bonchev–Trinajstić information content (AvgIpc) is 3.08. The average molecular weight is 481 g/mol. The van der Waals surface area contributed by atoms with Gasteiger partial charge in [-0.25, -0.2) is 14.2 Å². The number of rotatable bonds is 8. The van der Waals surface area contributed by atoms with Gasteiger partial charge in [-0.3, -0.25) is 10.1 Å². The first-order valence-electron chi connectivity index (χ1n) is 11.3. The Morgan fingerprint density at radius 3 is 2.54 bits per heavy atom. The van der Waals surface area contributed by atoms with E-state index in [0.717, 1.165) is 6.07 Å². The van der Waals surface area contributed by atoms with Crippen molar-refractivity contribution in [3.05, 3.63) is 47.8 Å². The van der Waals surface area contributed by atoms with Crippen LogP contribution >= 0.6 is 0 Å². The van der Waals surface area contributed by atoms with Gasteiger partial charge < -0.3 is 20.3 Å². The van der Waals surface area contributed by atoms with E-state index in [2.05, 4.69) is 20.9 Å². The number of carbonyl (C=O) groups excluding carboxylic acids is 2. The minimum Gasteiger partial charge on any atom is -0.390 e. The summed E-state index contributed by atoms with van der Waals surface area (Å²) < 4.78 is 15.9. The lowest BCUT2D eigenvalue weighted by atomic mass is 10.1. The van der Waals surface area contributed by atoms with Crippen molar-refractivity contribution in [3.63, 3.8) is 0 Å². The fraction of sp³-hybridized carbons (Fsp3) is 0.360. The van der Waals surface area contributed by atoms with Gasteiger partial charge in [-0.05, 0) is 62.6 Å². The Kier molecular flexibility index (Phi) is 7.71. The van der Waals surface area contributed by atoms with Crippen molar-refractivity contribution in [1.82, 2.24) is 9.55 Å². The van der Waals surface area contributed by atoms with Gasteiger partial charge in [0.1, 0.15) is 5.82 Å². The summed E-state index contributed by atoms with van der Waals surface area (Å²) >= 11 is 0. The zero-order valence-corrected chi connectivity index (χ0v) is 20.1. The number of imidazole rings is 1. The van der Waals surface area contributed by atoms with E-state index in [4.69, 9.17) is 5.26 Å². The largest absolute Gasteiger partial charge is 0.390 e. The molecule has 2 aromatic carbocycles. The number of nitriles is 1. The summed E-state index contributed by atoms with van der Waals surface area (Å²) in [5.41, 5.74) is 0.894. The van der Waals surface area contributed by atoms with Crippen LogP contribution in [0.2, 0.25) is 0 Å². The van der Waals surface area contributed by atoms with Gasteiger partial charge >= 0.3 is 6.03 Å². The molecule has 9 nitrogen and oxygen atoms in total. The number of anilines is 3. The van der Waals surface area contributed by atoms with E-state index in [1.165, 1.54) is 12.1 Å². The molecule has 0 unspecified atom stereocenters. The highest BCUT2D eigenvalue weighted by Gasteiger charge is 2.19. The van der Waals surface area contributed by atoms with Gasteiger partial charge in [0.15, 0.2) is 0 Å². The Morgan fingerprint density at radius 1 is 1.17 bits per heavy atom. The minimum atomic E-state index is -0.952. The monoisotopic (exact) mass is 480 g/mol. The molecule has 4 N–H and O–H groups in total. The molecule has 10 heteroatoms. The number of nitrogens with zero attached hydrogens (tertiary/aromatic N) is 3. The highest BCUT2D eigenvalue weighted by molar-refractivity contribution is 6.00. The summed E-state index contributed by atoms with van der Waals surface area (Å²) in [6.45, 7) is 7.63. The fourth-order valence-electron chi connectivity index (χ4n) is 3.44. The molecule has 3 amide bonds. The topological polar surface area (TPSA) is 132 Å². The molecule has 0 radical (unpaired) electrons. The predicted octanol–water partition coefficient (Wildman–Crippen LogP) is 4.84. The van der Waals surface area contributed by atoms with Crippen LogP contribution in [0.4, 0.5) is 26.5 Å². The zero-order chi connectivity index (χ0) is 25.8. The molecular weight excluding hydrogens is 451 g/mol. The number of halogens is 1. The van der Waals surface area contributed by atoms with Gasteiger partial charge in [0.25, 0.3) is 0 Å². The third kappa shape index (κ3) is 7.01. The van der Waals surface area contributed by atoms with Gasteiger partial charge in [-0.1, -0.05) is 13.8 Å². The lowest BCUT2D eigenvalue weighted by Gasteiger charge is -2.18. The van der Waals surface area contributed by atoms with E-state index in [-0.39, 0.29) is 29.0 Å². The van der Waals surface area contributed by atoms with Crippen LogP contribution in [0, 0.1) is 23.1 Å². The first-order chi connectivity index (χ1) is 16.4. The van der Waals surface area contributed by atoms with E-state index in [9.17, 15) is 19.1 Å². The van der Waals surface area contributed by atoms with E-state index >= 15 is 0 Å². The second-order valence-electron chi connectivity index (χ2n) is 9.38. The number of hydrogen-bond donors (Lipinski definition) is 4. The molecule has 0 atom stereocenters. The summed E-state index contributed by atoms with van der Waals surface area (Å²) in [6.07, 6.45) is 0.767. The van der Waals surface area contributed by atoms with Crippen molar-refractivity contribution in [2.45, 2.75) is 52.7 Å². The molecule has 0 aliphatic rings. The molecule has 0 aliphatic heterocycles. The Balaban J connectivity index is 1.87. The summed E-state index contributed by atoms with van der Waals surface area (Å²) in [5.74, 6) is -0.434. The van der Waals surface area contributed by atoms with Crippen molar-refractivity contribution in [3.8, 4) is 6.07 Å². The quantitative estimate of drug-likeness (QED) is 0.366. The highest BCUT2D eigenvalue weighted by Crippen LogP contribution is 2.26. The third-order valence-corrected chi connectivity index (χ3v) is 5.14. The van der Waals surface area contributed by atoms with E-state index in [1.54, 1.807) is 36.6 Å². The molecule has 3 rings (SSSR count). The van der Waals surface area contributed by atoms with Crippen LogP contribution in [-0.4, -0.2) is 32.2 Å². The summed E-state index contributed by atoms with van der Waals surface area (Å²) in [6, 6.07) is 10.1. The van der Waals surface area contributed by atoms with Crippen LogP contribution in [-0.2, 0) is 11.3 Å². The van der Waals surface area contributed by atoms with E-state index in [0.29, 0.717) is 36.1 Å². The van der Waals surface area contributed by atoms with Crippen molar-refractivity contribution in [2.24, 2.45) is 5.92 Å². The zero-order valence-electron chi connectivity index (χ0n) is 20.1. The van der Waals surface area contributed by atoms with E-state index in [1.807, 2.05) is 19.9 Å². The molecule has 0 aliphatic carbocycles. The van der Waals surface area contributed by atoms with Crippen molar-refractivity contribution in [1.29, 1.82) is 5.26 Å². The molecule has 1 aromatic heterocycles. The van der Waals surface area contributed by atoms with Crippen LogP contribution in [0.5, 0.6) is 0 Å². The van der Waals surface area contributed by atoms with Crippen LogP contribution in [0.1, 0.15) is 46.1 Å². The third-order valence-electron chi connectivity index (χ3n) is 5.14. The van der Waals surface area contributed by atoms with Crippen LogP contribution in [0.3, 0.4) is 0 Å². The van der Waals surface area contributed by atoms with Crippen LogP contribution in [0.15, 0.2) is 36.4 Å². The second kappa shape index (κ2) is 10.5. The number of hydrogen-bond acceptors (Lipinski definition) is 5. The molecule has 0 saturated carbocycles. The van der Waals surface area contributed by atoms with E-state index < -0.39 is 17.4 Å². The number of amides is 3. The molecule has 1 heterocycles.